The number of hydrogen-bond acceptors (Lipinski definition) is 10. The smallest absolute Gasteiger partial charge is 0.440 e. The first-order valence-corrected chi connectivity index (χ1v) is 21.4. The van der Waals surface area contributed by atoms with Crippen molar-refractivity contribution in [2.24, 2.45) is 14.1 Å². The molecular formula is C45H30Br2ClF4N7O6. The van der Waals surface area contributed by atoms with Crippen LogP contribution in [-0.2, 0) is 26.5 Å². The van der Waals surface area contributed by atoms with Crippen LogP contribution in [0.25, 0.3) is 72.5 Å². The van der Waals surface area contributed by atoms with Gasteiger partial charge in [0.2, 0.25) is 0 Å². The number of benzene rings is 4. The van der Waals surface area contributed by atoms with Gasteiger partial charge in [-0.15, -0.1) is 29.2 Å². The molecular weight excluding hydrogens is 1010 g/mol. The zero-order valence-corrected chi connectivity index (χ0v) is 38.2. The minimum atomic E-state index is -3.70. The zero-order chi connectivity index (χ0) is 45.9. The quantitative estimate of drug-likeness (QED) is 0.0824. The van der Waals surface area contributed by atoms with E-state index in [9.17, 15) is 17.6 Å². The summed E-state index contributed by atoms with van der Waals surface area (Å²) in [5.74, 6) is 1.85. The summed E-state index contributed by atoms with van der Waals surface area (Å²) >= 11 is 13.0. The van der Waals surface area contributed by atoms with Gasteiger partial charge in [-0.05, 0) is 72.8 Å². The van der Waals surface area contributed by atoms with Crippen LogP contribution in [0.5, 0.6) is 23.0 Å². The van der Waals surface area contributed by atoms with Crippen molar-refractivity contribution < 1.29 is 45.3 Å². The second-order valence-corrected chi connectivity index (χ2v) is 16.7. The molecule has 0 fully saturated rings. The van der Waals surface area contributed by atoms with Gasteiger partial charge in [0.1, 0.15) is 17.1 Å². The predicted octanol–water partition coefficient (Wildman–Crippen LogP) is 12.8. The lowest BCUT2D eigenvalue weighted by Gasteiger charge is -2.10. The molecule has 6 heterocycles. The number of oxazole rings is 2. The summed E-state index contributed by atoms with van der Waals surface area (Å²) < 4.78 is 89.2. The van der Waals surface area contributed by atoms with E-state index in [-0.39, 0.29) is 35.4 Å². The van der Waals surface area contributed by atoms with Gasteiger partial charge in [0.25, 0.3) is 6.54 Å². The molecule has 0 spiro atoms. The molecule has 0 unspecified atom stereocenters. The third-order valence-electron chi connectivity index (χ3n) is 10.1. The third-order valence-corrected chi connectivity index (χ3v) is 11.3. The summed E-state index contributed by atoms with van der Waals surface area (Å²) in [6.45, 7) is 10.7. The van der Waals surface area contributed by atoms with Crippen LogP contribution in [0.3, 0.4) is 0 Å². The second kappa shape index (κ2) is 16.7. The fraction of sp³-hybridized carbons (Fsp3) is 0.178. The topological polar surface area (TPSA) is 129 Å². The van der Waals surface area contributed by atoms with E-state index in [0.29, 0.717) is 51.5 Å². The summed E-state index contributed by atoms with van der Waals surface area (Å²) in [6.07, 6.45) is -7.40. The normalized spacial score (nSPS) is 14.0. The molecule has 8 aromatic rings. The molecule has 0 bridgehead atoms. The number of aromatic nitrogens is 6. The molecule has 13 nitrogen and oxygen atoms in total. The highest BCUT2D eigenvalue weighted by Gasteiger charge is 2.44. The van der Waals surface area contributed by atoms with Crippen molar-refractivity contribution in [3.63, 3.8) is 0 Å². The molecule has 0 aliphatic carbocycles. The van der Waals surface area contributed by atoms with E-state index in [2.05, 4.69) is 75.8 Å². The standard InChI is InChI=1S/C23H15BrF2N4O3.C22H15BrClF2N3O3/c1-12-28-21(13-4-7-19-20(8-13)33-23(25,26)32-19)22(31-12)17-9-14(24)5-6-16(17)18-10-15(11-27-2)29-30(18)3;1-11-27-20(12-3-6-18-19(7-12)32-22(25,26)31-18)21(30-11)16-8-13(23)4-5-15(16)17-9-14(10-24)28-29(17)2/h4-10H,11H2,1,3H3;3-9H,10H2,1-2H3. The van der Waals surface area contributed by atoms with Gasteiger partial charge in [-0.25, -0.2) is 16.5 Å². The van der Waals surface area contributed by atoms with Crippen LogP contribution in [0.1, 0.15) is 23.2 Å². The lowest BCUT2D eigenvalue weighted by molar-refractivity contribution is -0.287. The van der Waals surface area contributed by atoms with Gasteiger partial charge in [-0.2, -0.15) is 10.2 Å². The molecule has 2 aliphatic rings. The van der Waals surface area contributed by atoms with E-state index < -0.39 is 12.6 Å². The Morgan fingerprint density at radius 2 is 1.03 bits per heavy atom. The van der Waals surface area contributed by atoms with E-state index in [4.69, 9.17) is 27.0 Å². The van der Waals surface area contributed by atoms with Crippen molar-refractivity contribution in [2.75, 3.05) is 0 Å². The first-order valence-electron chi connectivity index (χ1n) is 19.3. The molecule has 0 saturated carbocycles. The van der Waals surface area contributed by atoms with Gasteiger partial charge >= 0.3 is 12.6 Å². The number of fused-ring (bicyclic) bond motifs is 2. The molecule has 2 aliphatic heterocycles. The number of hydrogen-bond donors (Lipinski definition) is 0. The van der Waals surface area contributed by atoms with Crippen molar-refractivity contribution in [1.82, 2.24) is 29.5 Å². The van der Waals surface area contributed by atoms with Crippen molar-refractivity contribution in [3.8, 4) is 90.7 Å². The Morgan fingerprint density at radius 1 is 0.600 bits per heavy atom. The highest BCUT2D eigenvalue weighted by atomic mass is 79.9. The number of rotatable bonds is 8. The minimum absolute atomic E-state index is 0.0350. The first-order chi connectivity index (χ1) is 31.0. The monoisotopic (exact) mass is 1030 g/mol. The Kier molecular flexibility index (Phi) is 11.2. The number of halogens is 7. The molecule has 0 amide bonds. The Labute approximate surface area is 388 Å². The molecule has 330 valence electrons. The Hall–Kier alpha value is -6.62. The molecule has 10 rings (SSSR count). The summed E-state index contributed by atoms with van der Waals surface area (Å²) in [4.78, 5) is 12.4. The lowest BCUT2D eigenvalue weighted by atomic mass is 9.98. The molecule has 4 aromatic heterocycles. The van der Waals surface area contributed by atoms with E-state index >= 15 is 0 Å². The first kappa shape index (κ1) is 43.6. The summed E-state index contributed by atoms with van der Waals surface area (Å²) in [7, 11) is 3.64. The van der Waals surface area contributed by atoms with E-state index in [1.807, 2.05) is 55.6 Å². The van der Waals surface area contributed by atoms with Crippen LogP contribution in [0, 0.1) is 20.4 Å². The van der Waals surface area contributed by atoms with Gasteiger partial charge in [-0.3, -0.25) is 9.36 Å². The van der Waals surface area contributed by atoms with Crippen molar-refractivity contribution in [3.05, 3.63) is 128 Å². The molecule has 0 N–H and O–H groups in total. The highest BCUT2D eigenvalue weighted by Crippen LogP contribution is 2.48. The molecule has 20 heteroatoms. The molecule has 0 atom stereocenters. The summed E-state index contributed by atoms with van der Waals surface area (Å²) in [6, 6.07) is 24.2. The van der Waals surface area contributed by atoms with Crippen LogP contribution < -0.4 is 18.9 Å². The minimum Gasteiger partial charge on any atom is -0.440 e. The van der Waals surface area contributed by atoms with Gasteiger partial charge in [-0.1, -0.05) is 44.0 Å². The van der Waals surface area contributed by atoms with E-state index in [1.54, 1.807) is 42.4 Å². The molecule has 0 radical (unpaired) electrons. The van der Waals surface area contributed by atoms with Crippen molar-refractivity contribution in [2.45, 2.75) is 38.9 Å². The van der Waals surface area contributed by atoms with Crippen LogP contribution in [0.15, 0.2) is 103 Å². The van der Waals surface area contributed by atoms with E-state index in [0.717, 1.165) is 48.3 Å². The SMILES string of the molecule is Cc1nc(-c2ccc3c(c2)OC(F)(F)O3)c(-c2cc(Br)ccc2-c2cc(CCl)nn2C)o1.[C-]#[N+]Cc1cc(-c2ccc(Br)cc2-c2oc(C)nc2-c2ccc3c(c2)OC(F)(F)O3)n(C)n1. The maximum atomic E-state index is 13.5. The fourth-order valence-corrected chi connectivity index (χ4v) is 8.29. The number of nitrogens with zero attached hydrogens (tertiary/aromatic N) is 7. The van der Waals surface area contributed by atoms with Crippen LogP contribution in [0.2, 0.25) is 0 Å². The fourth-order valence-electron chi connectivity index (χ4n) is 7.44. The molecule has 65 heavy (non-hydrogen) atoms. The van der Waals surface area contributed by atoms with Crippen LogP contribution in [0.4, 0.5) is 17.6 Å². The average molecular weight is 1040 g/mol. The van der Waals surface area contributed by atoms with Gasteiger partial charge in [0.15, 0.2) is 46.3 Å². The predicted molar refractivity (Wildman–Crippen MR) is 236 cm³/mol. The van der Waals surface area contributed by atoms with Crippen molar-refractivity contribution in [1.29, 1.82) is 0 Å². The lowest BCUT2D eigenvalue weighted by Crippen LogP contribution is -2.25. The Bertz CT molecular complexity index is 3210. The summed E-state index contributed by atoms with van der Waals surface area (Å²) in [5.41, 5.74) is 8.21. The van der Waals surface area contributed by atoms with Gasteiger partial charge < -0.3 is 32.6 Å². The van der Waals surface area contributed by atoms with Gasteiger partial charge in [0, 0.05) is 70.3 Å². The van der Waals surface area contributed by atoms with Crippen molar-refractivity contribution >= 4 is 43.5 Å². The number of ether oxygens (including phenoxy) is 4. The maximum absolute atomic E-state index is 13.5. The van der Waals surface area contributed by atoms with Crippen LogP contribution in [-0.4, -0.2) is 42.1 Å². The van der Waals surface area contributed by atoms with Crippen LogP contribution >= 0.6 is 43.5 Å². The van der Waals surface area contributed by atoms with E-state index in [1.165, 1.54) is 24.3 Å². The maximum Gasteiger partial charge on any atom is 0.586 e. The molecule has 4 aromatic carbocycles. The molecule has 0 saturated heterocycles. The van der Waals surface area contributed by atoms with Gasteiger partial charge in [0.05, 0.1) is 23.0 Å². The Balaban J connectivity index is 0.000000164. The number of alkyl halides is 5. The highest BCUT2D eigenvalue weighted by molar-refractivity contribution is 9.10. The Morgan fingerprint density at radius 3 is 1.46 bits per heavy atom. The largest absolute Gasteiger partial charge is 0.586 e. The summed E-state index contributed by atoms with van der Waals surface area (Å²) in [5, 5.41) is 8.84. The third kappa shape index (κ3) is 8.68. The average Bonchev–Trinajstić information content (AvgIpc) is 4.10. The second-order valence-electron chi connectivity index (χ2n) is 14.6. The number of aryl methyl sites for hydroxylation is 4. The zero-order valence-electron chi connectivity index (χ0n) is 34.2.